The highest BCUT2D eigenvalue weighted by Gasteiger charge is 2.12. The summed E-state index contributed by atoms with van der Waals surface area (Å²) < 4.78 is 6.48. The second-order valence-electron chi connectivity index (χ2n) is 4.72. The van der Waals surface area contributed by atoms with Gasteiger partial charge in [-0.3, -0.25) is 9.20 Å². The lowest BCUT2D eigenvalue weighted by Crippen LogP contribution is -2.16. The minimum atomic E-state index is -0.575. The summed E-state index contributed by atoms with van der Waals surface area (Å²) in [4.78, 5) is 28.3. The minimum absolute atomic E-state index is 0.127. The zero-order valence-electron chi connectivity index (χ0n) is 11.7. The van der Waals surface area contributed by atoms with Crippen molar-refractivity contribution in [2.24, 2.45) is 0 Å². The van der Waals surface area contributed by atoms with Gasteiger partial charge in [-0.25, -0.2) is 9.78 Å². The monoisotopic (exact) mass is 348 g/mol. The molecule has 5 nitrogen and oxygen atoms in total. The maximum Gasteiger partial charge on any atom is 0.340 e. The number of nitrogens with zero attached hydrogens (tertiary/aromatic N) is 2. The number of benzene rings is 1. The van der Waals surface area contributed by atoms with Crippen LogP contribution >= 0.6 is 23.2 Å². The fourth-order valence-electron chi connectivity index (χ4n) is 2.04. The van der Waals surface area contributed by atoms with Crippen molar-refractivity contribution in [2.75, 3.05) is 0 Å². The molecule has 3 rings (SSSR count). The molecule has 7 heteroatoms. The normalized spacial score (nSPS) is 10.7. The molecule has 0 unspecified atom stereocenters. The quantitative estimate of drug-likeness (QED) is 0.681. The smallest absolute Gasteiger partial charge is 0.340 e. The van der Waals surface area contributed by atoms with Gasteiger partial charge in [-0.1, -0.05) is 35.3 Å². The minimum Gasteiger partial charge on any atom is -0.456 e. The number of aromatic nitrogens is 2. The van der Waals surface area contributed by atoms with Crippen LogP contribution in [0.3, 0.4) is 0 Å². The van der Waals surface area contributed by atoms with Crippen LogP contribution in [0, 0.1) is 0 Å². The molecule has 0 N–H and O–H groups in total. The third-order valence-corrected chi connectivity index (χ3v) is 3.67. The summed E-state index contributed by atoms with van der Waals surface area (Å²) in [7, 11) is 0. The number of hydrogen-bond acceptors (Lipinski definition) is 4. The third-order valence-electron chi connectivity index (χ3n) is 3.12. The number of carbonyl (C=O) groups excluding carboxylic acids is 1. The molecule has 0 saturated carbocycles. The van der Waals surface area contributed by atoms with E-state index in [-0.39, 0.29) is 17.7 Å². The van der Waals surface area contributed by atoms with Crippen LogP contribution in [0.2, 0.25) is 10.0 Å². The highest BCUT2D eigenvalue weighted by atomic mass is 35.5. The van der Waals surface area contributed by atoms with Gasteiger partial charge in [0.1, 0.15) is 12.3 Å². The van der Waals surface area contributed by atoms with Crippen molar-refractivity contribution in [2.45, 2.75) is 6.61 Å². The standard InChI is InChI=1S/C16H10Cl2N2O3/c17-10-5-6-14-19-11(7-15(21)20(14)8-10)9-23-16(22)12-3-1-2-4-13(12)18/h1-8H,9H2. The molecule has 0 spiro atoms. The van der Waals surface area contributed by atoms with Gasteiger partial charge in [-0.05, 0) is 24.3 Å². The number of hydrogen-bond donors (Lipinski definition) is 0. The SMILES string of the molecule is O=C(OCc1cc(=O)n2cc(Cl)ccc2n1)c1ccccc1Cl. The average molecular weight is 349 g/mol. The molecule has 0 aliphatic rings. The van der Waals surface area contributed by atoms with Gasteiger partial charge in [0.25, 0.3) is 5.56 Å². The van der Waals surface area contributed by atoms with E-state index in [1.807, 2.05) is 0 Å². The van der Waals surface area contributed by atoms with E-state index in [1.54, 1.807) is 36.4 Å². The van der Waals surface area contributed by atoms with E-state index in [9.17, 15) is 9.59 Å². The van der Waals surface area contributed by atoms with Crippen LogP contribution in [-0.4, -0.2) is 15.4 Å². The summed E-state index contributed by atoms with van der Waals surface area (Å²) in [6, 6.07) is 11.1. The predicted octanol–water partition coefficient (Wildman–Crippen LogP) is 3.36. The summed E-state index contributed by atoms with van der Waals surface area (Å²) >= 11 is 11.8. The molecule has 0 radical (unpaired) electrons. The third kappa shape index (κ3) is 3.36. The molecule has 2 heterocycles. The molecule has 0 bridgehead atoms. The fourth-order valence-corrected chi connectivity index (χ4v) is 2.42. The van der Waals surface area contributed by atoms with Crippen molar-refractivity contribution in [3.05, 3.63) is 80.3 Å². The van der Waals surface area contributed by atoms with Gasteiger partial charge in [0, 0.05) is 12.3 Å². The summed E-state index contributed by atoms with van der Waals surface area (Å²) in [5.41, 5.74) is 0.725. The van der Waals surface area contributed by atoms with Crippen LogP contribution in [0.4, 0.5) is 0 Å². The zero-order valence-corrected chi connectivity index (χ0v) is 13.2. The Bertz CT molecular complexity index is 953. The van der Waals surface area contributed by atoms with Gasteiger partial charge in [0.05, 0.1) is 21.3 Å². The van der Waals surface area contributed by atoms with Crippen LogP contribution < -0.4 is 5.56 Å². The Morgan fingerprint density at radius 1 is 1.17 bits per heavy atom. The lowest BCUT2D eigenvalue weighted by molar-refractivity contribution is 0.0468. The summed E-state index contributed by atoms with van der Waals surface area (Å²) in [5.74, 6) is -0.575. The number of pyridine rings is 1. The number of esters is 1. The Labute approximate surface area is 141 Å². The Kier molecular flexibility index (Phi) is 4.32. The second-order valence-corrected chi connectivity index (χ2v) is 5.56. The topological polar surface area (TPSA) is 60.7 Å². The molecule has 1 aromatic carbocycles. The molecule has 0 aliphatic carbocycles. The van der Waals surface area contributed by atoms with E-state index in [4.69, 9.17) is 27.9 Å². The van der Waals surface area contributed by atoms with Gasteiger partial charge < -0.3 is 4.74 Å². The van der Waals surface area contributed by atoms with E-state index < -0.39 is 5.97 Å². The summed E-state index contributed by atoms with van der Waals surface area (Å²) in [6.07, 6.45) is 1.48. The largest absolute Gasteiger partial charge is 0.456 e. The number of carbonyl (C=O) groups is 1. The van der Waals surface area contributed by atoms with Crippen molar-refractivity contribution in [1.29, 1.82) is 0 Å². The highest BCUT2D eigenvalue weighted by Crippen LogP contribution is 2.16. The molecule has 2 aromatic heterocycles. The number of rotatable bonds is 3. The van der Waals surface area contributed by atoms with Crippen molar-refractivity contribution < 1.29 is 9.53 Å². The Morgan fingerprint density at radius 3 is 2.74 bits per heavy atom. The van der Waals surface area contributed by atoms with Crippen molar-refractivity contribution in [3.63, 3.8) is 0 Å². The first-order valence-electron chi connectivity index (χ1n) is 6.64. The average Bonchev–Trinajstić information content (AvgIpc) is 2.54. The maximum atomic E-state index is 12.0. The first kappa shape index (κ1) is 15.5. The van der Waals surface area contributed by atoms with Crippen LogP contribution in [0.5, 0.6) is 0 Å². The van der Waals surface area contributed by atoms with Crippen LogP contribution in [-0.2, 0) is 11.3 Å². The Morgan fingerprint density at radius 2 is 1.96 bits per heavy atom. The van der Waals surface area contributed by atoms with E-state index in [0.29, 0.717) is 21.4 Å². The number of halogens is 2. The predicted molar refractivity (Wildman–Crippen MR) is 87.0 cm³/mol. The van der Waals surface area contributed by atoms with Gasteiger partial charge >= 0.3 is 5.97 Å². The molecule has 0 saturated heterocycles. The van der Waals surface area contributed by atoms with Crippen LogP contribution in [0.1, 0.15) is 16.1 Å². The maximum absolute atomic E-state index is 12.0. The molecule has 0 amide bonds. The highest BCUT2D eigenvalue weighted by molar-refractivity contribution is 6.33. The zero-order chi connectivity index (χ0) is 16.4. The lowest BCUT2D eigenvalue weighted by atomic mass is 10.2. The van der Waals surface area contributed by atoms with Gasteiger partial charge in [-0.2, -0.15) is 0 Å². The Hall–Kier alpha value is -2.37. The molecule has 0 fully saturated rings. The first-order valence-corrected chi connectivity index (χ1v) is 7.40. The van der Waals surface area contributed by atoms with Crippen LogP contribution in [0.15, 0.2) is 53.5 Å². The number of ether oxygens (including phenoxy) is 1. The summed E-state index contributed by atoms with van der Waals surface area (Å²) in [5, 5.41) is 0.734. The second kappa shape index (κ2) is 6.40. The first-order chi connectivity index (χ1) is 11.0. The van der Waals surface area contributed by atoms with Crippen LogP contribution in [0.25, 0.3) is 5.65 Å². The van der Waals surface area contributed by atoms with Crippen molar-refractivity contribution in [1.82, 2.24) is 9.38 Å². The molecular formula is C16H10Cl2N2O3. The Balaban J connectivity index is 1.82. The molecule has 23 heavy (non-hydrogen) atoms. The van der Waals surface area contributed by atoms with E-state index in [0.717, 1.165) is 0 Å². The van der Waals surface area contributed by atoms with E-state index in [1.165, 1.54) is 16.7 Å². The molecule has 0 aliphatic heterocycles. The molecule has 116 valence electrons. The van der Waals surface area contributed by atoms with E-state index >= 15 is 0 Å². The van der Waals surface area contributed by atoms with Gasteiger partial charge in [0.15, 0.2) is 0 Å². The van der Waals surface area contributed by atoms with E-state index in [2.05, 4.69) is 4.98 Å². The number of fused-ring (bicyclic) bond motifs is 1. The van der Waals surface area contributed by atoms with Gasteiger partial charge in [-0.15, -0.1) is 0 Å². The molecular weight excluding hydrogens is 339 g/mol. The molecule has 0 atom stereocenters. The van der Waals surface area contributed by atoms with Crippen molar-refractivity contribution in [3.8, 4) is 0 Å². The van der Waals surface area contributed by atoms with Crippen molar-refractivity contribution >= 4 is 34.8 Å². The van der Waals surface area contributed by atoms with Gasteiger partial charge in [0.2, 0.25) is 0 Å². The summed E-state index contributed by atoms with van der Waals surface area (Å²) in [6.45, 7) is -0.127. The fraction of sp³-hybridized carbons (Fsp3) is 0.0625. The lowest BCUT2D eigenvalue weighted by Gasteiger charge is -2.07. The molecule has 3 aromatic rings.